The quantitative estimate of drug-likeness (QED) is 0.800. The molecule has 0 spiro atoms. The summed E-state index contributed by atoms with van der Waals surface area (Å²) in [6.07, 6.45) is 0. The maximum Gasteiger partial charge on any atom is 0.299 e. The molecule has 0 unspecified atom stereocenters. The minimum Gasteiger partial charge on any atom is -0.459 e. The number of aromatic nitrogens is 1. The van der Waals surface area contributed by atoms with Gasteiger partial charge in [0, 0.05) is 5.39 Å². The standard InChI is InChI=1S/C14H12N2O3S/c1-8-11(20-7-16-8)6-18-14-12(13(15)17)9-4-2-3-5-10(9)19-14/h2-5,7H,6H2,1H3,(H2,15,17). The molecule has 0 aliphatic heterocycles. The van der Waals surface area contributed by atoms with E-state index in [-0.39, 0.29) is 11.5 Å². The van der Waals surface area contributed by atoms with E-state index in [9.17, 15) is 4.79 Å². The highest BCUT2D eigenvalue weighted by Gasteiger charge is 2.20. The van der Waals surface area contributed by atoms with E-state index < -0.39 is 5.91 Å². The minimum absolute atomic E-state index is 0.159. The molecule has 0 aliphatic carbocycles. The van der Waals surface area contributed by atoms with E-state index in [0.29, 0.717) is 17.6 Å². The first-order chi connectivity index (χ1) is 9.66. The minimum atomic E-state index is -0.564. The van der Waals surface area contributed by atoms with Crippen molar-refractivity contribution in [3.8, 4) is 5.95 Å². The van der Waals surface area contributed by atoms with Crippen molar-refractivity contribution in [1.29, 1.82) is 0 Å². The van der Waals surface area contributed by atoms with E-state index in [0.717, 1.165) is 10.6 Å². The molecule has 1 amide bonds. The van der Waals surface area contributed by atoms with Gasteiger partial charge in [0.15, 0.2) is 0 Å². The predicted molar refractivity (Wildman–Crippen MR) is 75.9 cm³/mol. The van der Waals surface area contributed by atoms with Crippen LogP contribution in [0.1, 0.15) is 20.9 Å². The van der Waals surface area contributed by atoms with Crippen LogP contribution < -0.4 is 10.5 Å². The second-order valence-electron chi connectivity index (χ2n) is 4.27. The SMILES string of the molecule is Cc1ncsc1COc1oc2ccccc2c1C(N)=O. The zero-order chi connectivity index (χ0) is 14.1. The number of ether oxygens (including phenoxy) is 1. The van der Waals surface area contributed by atoms with E-state index in [1.165, 1.54) is 11.3 Å². The molecule has 0 saturated carbocycles. The van der Waals surface area contributed by atoms with Crippen molar-refractivity contribution in [1.82, 2.24) is 4.98 Å². The molecule has 0 fully saturated rings. The summed E-state index contributed by atoms with van der Waals surface area (Å²) in [5.74, 6) is -0.405. The normalized spacial score (nSPS) is 10.8. The first-order valence-corrected chi connectivity index (χ1v) is 6.88. The third kappa shape index (κ3) is 2.14. The van der Waals surface area contributed by atoms with Gasteiger partial charge in [-0.1, -0.05) is 18.2 Å². The molecule has 102 valence electrons. The first-order valence-electron chi connectivity index (χ1n) is 6.00. The molecule has 2 heterocycles. The number of hydrogen-bond donors (Lipinski definition) is 1. The molecule has 0 radical (unpaired) electrons. The molecule has 0 aliphatic rings. The number of carbonyl (C=O) groups is 1. The maximum atomic E-state index is 11.6. The molecular weight excluding hydrogens is 276 g/mol. The summed E-state index contributed by atoms with van der Waals surface area (Å²) in [6.45, 7) is 2.21. The number of furan rings is 1. The lowest BCUT2D eigenvalue weighted by atomic mass is 10.1. The summed E-state index contributed by atoms with van der Waals surface area (Å²) in [7, 11) is 0. The van der Waals surface area contributed by atoms with Crippen LogP contribution >= 0.6 is 11.3 Å². The molecule has 20 heavy (non-hydrogen) atoms. The molecule has 5 nitrogen and oxygen atoms in total. The monoisotopic (exact) mass is 288 g/mol. The van der Waals surface area contributed by atoms with Gasteiger partial charge >= 0.3 is 0 Å². The Balaban J connectivity index is 1.96. The summed E-state index contributed by atoms with van der Waals surface area (Å²) in [5.41, 5.74) is 8.94. The molecule has 3 aromatic rings. The van der Waals surface area contributed by atoms with E-state index in [1.54, 1.807) is 17.6 Å². The molecule has 2 aromatic heterocycles. The van der Waals surface area contributed by atoms with Gasteiger partial charge in [0.2, 0.25) is 0 Å². The van der Waals surface area contributed by atoms with E-state index in [2.05, 4.69) is 4.98 Å². The van der Waals surface area contributed by atoms with E-state index in [4.69, 9.17) is 14.9 Å². The van der Waals surface area contributed by atoms with Crippen LogP contribution in [0.25, 0.3) is 11.0 Å². The van der Waals surface area contributed by atoms with Gasteiger partial charge in [0.1, 0.15) is 17.8 Å². The number of nitrogens with two attached hydrogens (primary N) is 1. The van der Waals surface area contributed by atoms with Crippen molar-refractivity contribution in [3.63, 3.8) is 0 Å². The smallest absolute Gasteiger partial charge is 0.299 e. The second-order valence-corrected chi connectivity index (χ2v) is 5.21. The van der Waals surface area contributed by atoms with Gasteiger partial charge < -0.3 is 14.9 Å². The second kappa shape index (κ2) is 4.97. The summed E-state index contributed by atoms with van der Waals surface area (Å²) in [4.78, 5) is 16.7. The van der Waals surface area contributed by atoms with Crippen LogP contribution in [0.2, 0.25) is 0 Å². The molecular formula is C14H12N2O3S. The summed E-state index contributed by atoms with van der Waals surface area (Å²) in [5, 5.41) is 0.663. The van der Waals surface area contributed by atoms with Crippen LogP contribution in [-0.4, -0.2) is 10.9 Å². The number of amides is 1. The number of aryl methyl sites for hydroxylation is 1. The summed E-state index contributed by atoms with van der Waals surface area (Å²) < 4.78 is 11.2. The third-order valence-corrected chi connectivity index (χ3v) is 3.90. The number of primary amides is 1. The third-order valence-electron chi connectivity index (χ3n) is 2.99. The van der Waals surface area contributed by atoms with Gasteiger partial charge in [-0.3, -0.25) is 4.79 Å². The zero-order valence-electron chi connectivity index (χ0n) is 10.8. The lowest BCUT2D eigenvalue weighted by molar-refractivity contribution is 0.0994. The first kappa shape index (κ1) is 12.7. The van der Waals surface area contributed by atoms with Crippen molar-refractivity contribution in [2.45, 2.75) is 13.5 Å². The summed E-state index contributed by atoms with van der Waals surface area (Å²) >= 11 is 1.50. The topological polar surface area (TPSA) is 78.3 Å². The van der Waals surface area contributed by atoms with E-state index in [1.807, 2.05) is 19.1 Å². The maximum absolute atomic E-state index is 11.6. The lowest BCUT2D eigenvalue weighted by Crippen LogP contribution is -2.12. The molecule has 6 heteroatoms. The Bertz CT molecular complexity index is 776. The Labute approximate surface area is 119 Å². The average molecular weight is 288 g/mol. The van der Waals surface area contributed by atoms with Crippen LogP contribution in [0, 0.1) is 6.92 Å². The van der Waals surface area contributed by atoms with Crippen LogP contribution in [-0.2, 0) is 6.61 Å². The Morgan fingerprint density at radius 1 is 1.45 bits per heavy atom. The van der Waals surface area contributed by atoms with Gasteiger partial charge in [-0.05, 0) is 13.0 Å². The fourth-order valence-corrected chi connectivity index (χ4v) is 2.64. The summed E-state index contributed by atoms with van der Waals surface area (Å²) in [6, 6.07) is 7.20. The Hall–Kier alpha value is -2.34. The molecule has 2 N–H and O–H groups in total. The van der Waals surface area contributed by atoms with Crippen molar-refractivity contribution in [3.05, 3.63) is 45.9 Å². The molecule has 3 rings (SSSR count). The number of hydrogen-bond acceptors (Lipinski definition) is 5. The zero-order valence-corrected chi connectivity index (χ0v) is 11.6. The molecule has 0 bridgehead atoms. The van der Waals surface area contributed by atoms with Crippen LogP contribution in [0.5, 0.6) is 5.95 Å². The van der Waals surface area contributed by atoms with Gasteiger partial charge in [0.05, 0.1) is 16.1 Å². The van der Waals surface area contributed by atoms with Crippen molar-refractivity contribution in [2.24, 2.45) is 5.73 Å². The number of carbonyl (C=O) groups excluding carboxylic acids is 1. The fourth-order valence-electron chi connectivity index (χ4n) is 1.95. The van der Waals surface area contributed by atoms with Crippen LogP contribution in [0.3, 0.4) is 0 Å². The Morgan fingerprint density at radius 3 is 2.95 bits per heavy atom. The van der Waals surface area contributed by atoms with Gasteiger partial charge in [-0.15, -0.1) is 11.3 Å². The highest BCUT2D eigenvalue weighted by Crippen LogP contribution is 2.32. The lowest BCUT2D eigenvalue weighted by Gasteiger charge is -2.02. The van der Waals surface area contributed by atoms with Gasteiger partial charge in [0.25, 0.3) is 11.9 Å². The van der Waals surface area contributed by atoms with Crippen LogP contribution in [0.15, 0.2) is 34.2 Å². The largest absolute Gasteiger partial charge is 0.459 e. The Kier molecular flexibility index (Phi) is 3.15. The van der Waals surface area contributed by atoms with E-state index >= 15 is 0 Å². The fraction of sp³-hybridized carbons (Fsp3) is 0.143. The number of fused-ring (bicyclic) bond motifs is 1. The molecule has 0 saturated heterocycles. The Morgan fingerprint density at radius 2 is 2.25 bits per heavy atom. The van der Waals surface area contributed by atoms with Gasteiger partial charge in [-0.2, -0.15) is 0 Å². The molecule has 1 aromatic carbocycles. The van der Waals surface area contributed by atoms with Gasteiger partial charge in [-0.25, -0.2) is 4.98 Å². The van der Waals surface area contributed by atoms with Crippen molar-refractivity contribution < 1.29 is 13.9 Å². The molecule has 0 atom stereocenters. The van der Waals surface area contributed by atoms with Crippen LogP contribution in [0.4, 0.5) is 0 Å². The van der Waals surface area contributed by atoms with Crippen molar-refractivity contribution >= 4 is 28.2 Å². The predicted octanol–water partition coefficient (Wildman–Crippen LogP) is 2.88. The number of benzene rings is 1. The number of para-hydroxylation sites is 1. The average Bonchev–Trinajstić information content (AvgIpc) is 2.99. The number of rotatable bonds is 4. The highest BCUT2D eigenvalue weighted by molar-refractivity contribution is 7.09. The number of thiazole rings is 1. The van der Waals surface area contributed by atoms with Crippen molar-refractivity contribution in [2.75, 3.05) is 0 Å². The highest BCUT2D eigenvalue weighted by atomic mass is 32.1. The number of nitrogens with zero attached hydrogens (tertiary/aromatic N) is 1.